The fraction of sp³-hybridized carbons (Fsp3) is 1.00. The summed E-state index contributed by atoms with van der Waals surface area (Å²) in [7, 11) is 0. The van der Waals surface area contributed by atoms with Crippen LogP contribution >= 0.6 is 0 Å². The molecule has 1 saturated heterocycles. The summed E-state index contributed by atoms with van der Waals surface area (Å²) in [4.78, 5) is 2.52. The Morgan fingerprint density at radius 2 is 2.00 bits per heavy atom. The summed E-state index contributed by atoms with van der Waals surface area (Å²) in [5, 5.41) is 10.0. The van der Waals surface area contributed by atoms with Gasteiger partial charge >= 0.3 is 0 Å². The third-order valence-corrected chi connectivity index (χ3v) is 4.77. The number of hydrogen-bond acceptors (Lipinski definition) is 3. The lowest BCUT2D eigenvalue weighted by Crippen LogP contribution is -2.43. The summed E-state index contributed by atoms with van der Waals surface area (Å²) in [5.74, 6) is 0. The summed E-state index contributed by atoms with van der Waals surface area (Å²) >= 11 is 0. The highest BCUT2D eigenvalue weighted by molar-refractivity contribution is 4.91. The molecule has 0 radical (unpaired) electrons. The van der Waals surface area contributed by atoms with E-state index in [1.807, 2.05) is 6.92 Å². The number of aliphatic hydroxyl groups is 1. The Labute approximate surface area is 106 Å². The highest BCUT2D eigenvalue weighted by Gasteiger charge is 2.37. The average molecular weight is 242 g/mol. The maximum Gasteiger partial charge on any atom is 0.0756 e. The molecular formula is C14H30N2O. The molecule has 1 heterocycles. The van der Waals surface area contributed by atoms with Crippen LogP contribution in [0.15, 0.2) is 0 Å². The molecule has 0 spiro atoms. The molecule has 0 aromatic carbocycles. The van der Waals surface area contributed by atoms with Crippen LogP contribution in [0.5, 0.6) is 0 Å². The summed E-state index contributed by atoms with van der Waals surface area (Å²) in [5.41, 5.74) is 5.39. The van der Waals surface area contributed by atoms with Crippen LogP contribution in [0.3, 0.4) is 0 Å². The van der Waals surface area contributed by atoms with E-state index < -0.39 is 5.60 Å². The number of nitrogens with zero attached hydrogens (tertiary/aromatic N) is 1. The monoisotopic (exact) mass is 242 g/mol. The molecule has 3 heteroatoms. The third-order valence-electron chi connectivity index (χ3n) is 4.77. The Morgan fingerprint density at radius 1 is 1.41 bits per heavy atom. The largest absolute Gasteiger partial charge is 0.389 e. The van der Waals surface area contributed by atoms with Gasteiger partial charge in [-0.15, -0.1) is 0 Å². The van der Waals surface area contributed by atoms with E-state index in [9.17, 15) is 5.11 Å². The van der Waals surface area contributed by atoms with E-state index in [0.29, 0.717) is 18.0 Å². The number of hydrogen-bond donors (Lipinski definition) is 2. The number of rotatable bonds is 6. The zero-order valence-electron chi connectivity index (χ0n) is 12.0. The zero-order valence-corrected chi connectivity index (χ0v) is 12.0. The van der Waals surface area contributed by atoms with E-state index in [-0.39, 0.29) is 0 Å². The van der Waals surface area contributed by atoms with Crippen molar-refractivity contribution in [3.63, 3.8) is 0 Å². The Kier molecular flexibility index (Phi) is 4.99. The Balaban J connectivity index is 2.53. The first-order chi connectivity index (χ1) is 7.88. The fourth-order valence-corrected chi connectivity index (χ4v) is 3.02. The molecule has 0 saturated carbocycles. The predicted molar refractivity (Wildman–Crippen MR) is 73.0 cm³/mol. The van der Waals surface area contributed by atoms with E-state index in [0.717, 1.165) is 6.42 Å². The fourth-order valence-electron chi connectivity index (χ4n) is 3.02. The van der Waals surface area contributed by atoms with Gasteiger partial charge in [0, 0.05) is 19.1 Å². The summed E-state index contributed by atoms with van der Waals surface area (Å²) in [6, 6.07) is 0.425. The van der Waals surface area contributed by atoms with Crippen molar-refractivity contribution >= 4 is 0 Å². The first-order valence-corrected chi connectivity index (χ1v) is 7.04. The van der Waals surface area contributed by atoms with Crippen molar-refractivity contribution in [2.45, 2.75) is 65.0 Å². The first-order valence-electron chi connectivity index (χ1n) is 7.04. The van der Waals surface area contributed by atoms with Gasteiger partial charge in [0.05, 0.1) is 5.60 Å². The average Bonchev–Trinajstić information content (AvgIpc) is 2.74. The molecule has 1 aliphatic rings. The van der Waals surface area contributed by atoms with Gasteiger partial charge in [0.15, 0.2) is 0 Å². The lowest BCUT2D eigenvalue weighted by Gasteiger charge is -2.33. The molecule has 3 nitrogen and oxygen atoms in total. The molecule has 0 aliphatic carbocycles. The van der Waals surface area contributed by atoms with Gasteiger partial charge < -0.3 is 10.8 Å². The van der Waals surface area contributed by atoms with Crippen molar-refractivity contribution in [3.8, 4) is 0 Å². The minimum Gasteiger partial charge on any atom is -0.389 e. The molecule has 0 bridgehead atoms. The molecule has 3 N–H and O–H groups in total. The maximum absolute atomic E-state index is 10.0. The Bertz CT molecular complexity index is 236. The van der Waals surface area contributed by atoms with E-state index in [1.54, 1.807) is 0 Å². The summed E-state index contributed by atoms with van der Waals surface area (Å²) in [6.45, 7) is 11.3. The first kappa shape index (κ1) is 14.9. The summed E-state index contributed by atoms with van der Waals surface area (Å²) < 4.78 is 0. The van der Waals surface area contributed by atoms with Gasteiger partial charge in [0.1, 0.15) is 0 Å². The van der Waals surface area contributed by atoms with Crippen LogP contribution in [0.25, 0.3) is 0 Å². The van der Waals surface area contributed by atoms with Crippen molar-refractivity contribution in [3.05, 3.63) is 0 Å². The van der Waals surface area contributed by atoms with E-state index in [2.05, 4.69) is 25.7 Å². The normalized spacial score (nSPS) is 25.8. The minimum atomic E-state index is -0.719. The van der Waals surface area contributed by atoms with Gasteiger partial charge in [0.25, 0.3) is 0 Å². The van der Waals surface area contributed by atoms with Crippen LogP contribution in [0.2, 0.25) is 0 Å². The SMILES string of the molecule is CCC1(CC)CCN(C(C)CC(C)(O)CN)C1. The van der Waals surface area contributed by atoms with Crippen molar-refractivity contribution in [2.75, 3.05) is 19.6 Å². The lowest BCUT2D eigenvalue weighted by atomic mass is 9.82. The standard InChI is InChI=1S/C14H30N2O/c1-5-14(6-2)7-8-16(11-14)12(3)9-13(4,17)10-15/h12,17H,5-11,15H2,1-4H3. The van der Waals surface area contributed by atoms with Crippen LogP contribution < -0.4 is 5.73 Å². The van der Waals surface area contributed by atoms with Crippen LogP contribution in [0, 0.1) is 5.41 Å². The van der Waals surface area contributed by atoms with Gasteiger partial charge in [-0.2, -0.15) is 0 Å². The van der Waals surface area contributed by atoms with Gasteiger partial charge in [0.2, 0.25) is 0 Å². The van der Waals surface area contributed by atoms with Gasteiger partial charge in [-0.1, -0.05) is 13.8 Å². The van der Waals surface area contributed by atoms with Crippen molar-refractivity contribution < 1.29 is 5.11 Å². The topological polar surface area (TPSA) is 49.5 Å². The molecule has 2 atom stereocenters. The molecule has 0 aromatic rings. The zero-order chi connectivity index (χ0) is 13.1. The summed E-state index contributed by atoms with van der Waals surface area (Å²) in [6.07, 6.45) is 4.60. The van der Waals surface area contributed by atoms with E-state index in [4.69, 9.17) is 5.73 Å². The molecule has 1 aliphatic heterocycles. The second-order valence-electron chi connectivity index (χ2n) is 6.18. The minimum absolute atomic E-state index is 0.345. The second kappa shape index (κ2) is 5.68. The lowest BCUT2D eigenvalue weighted by molar-refractivity contribution is 0.0307. The molecule has 1 fully saturated rings. The van der Waals surface area contributed by atoms with Gasteiger partial charge in [-0.3, -0.25) is 4.90 Å². The molecule has 0 amide bonds. The highest BCUT2D eigenvalue weighted by atomic mass is 16.3. The van der Waals surface area contributed by atoms with Gasteiger partial charge in [-0.25, -0.2) is 0 Å². The molecule has 102 valence electrons. The highest BCUT2D eigenvalue weighted by Crippen LogP contribution is 2.38. The van der Waals surface area contributed by atoms with Crippen LogP contribution in [-0.4, -0.2) is 41.3 Å². The number of likely N-dealkylation sites (tertiary alicyclic amines) is 1. The molecule has 0 aromatic heterocycles. The van der Waals surface area contributed by atoms with Crippen molar-refractivity contribution in [1.82, 2.24) is 4.90 Å². The molecule has 2 unspecified atom stereocenters. The molecule has 1 rings (SSSR count). The smallest absolute Gasteiger partial charge is 0.0756 e. The van der Waals surface area contributed by atoms with Crippen molar-refractivity contribution in [1.29, 1.82) is 0 Å². The third kappa shape index (κ3) is 3.67. The predicted octanol–water partition coefficient (Wildman–Crippen LogP) is 1.99. The van der Waals surface area contributed by atoms with Crippen LogP contribution in [0.1, 0.15) is 53.4 Å². The van der Waals surface area contributed by atoms with Crippen LogP contribution in [-0.2, 0) is 0 Å². The molecular weight excluding hydrogens is 212 g/mol. The maximum atomic E-state index is 10.0. The molecule has 17 heavy (non-hydrogen) atoms. The van der Waals surface area contributed by atoms with Crippen molar-refractivity contribution in [2.24, 2.45) is 11.1 Å². The van der Waals surface area contributed by atoms with Crippen LogP contribution in [0.4, 0.5) is 0 Å². The second-order valence-corrected chi connectivity index (χ2v) is 6.18. The van der Waals surface area contributed by atoms with Gasteiger partial charge in [-0.05, 0) is 51.5 Å². The number of nitrogens with two attached hydrogens (primary N) is 1. The Hall–Kier alpha value is -0.120. The quantitative estimate of drug-likeness (QED) is 0.749. The van der Waals surface area contributed by atoms with E-state index >= 15 is 0 Å². The van der Waals surface area contributed by atoms with E-state index in [1.165, 1.54) is 32.4 Å². The Morgan fingerprint density at radius 3 is 2.41 bits per heavy atom.